The van der Waals surface area contributed by atoms with Gasteiger partial charge in [-0.3, -0.25) is 0 Å². The van der Waals surface area contributed by atoms with Crippen molar-refractivity contribution >= 4 is 22.4 Å². The zero-order chi connectivity index (χ0) is 14.8. The van der Waals surface area contributed by atoms with E-state index in [1.807, 2.05) is 30.3 Å². The summed E-state index contributed by atoms with van der Waals surface area (Å²) in [5.74, 6) is -0.257. The van der Waals surface area contributed by atoms with Crippen LogP contribution >= 0.6 is 11.6 Å². The van der Waals surface area contributed by atoms with Crippen molar-refractivity contribution in [3.8, 4) is 11.6 Å². The topological polar surface area (TPSA) is 48.1 Å². The molecular formula is C16H12ClFN2O. The van der Waals surface area contributed by atoms with Crippen LogP contribution < -0.4 is 10.5 Å². The summed E-state index contributed by atoms with van der Waals surface area (Å²) in [6.07, 6.45) is 0. The molecule has 0 spiro atoms. The third kappa shape index (κ3) is 2.68. The van der Waals surface area contributed by atoms with Gasteiger partial charge in [0.05, 0.1) is 10.7 Å². The molecule has 1 aromatic heterocycles. The van der Waals surface area contributed by atoms with Crippen LogP contribution in [0.5, 0.6) is 11.6 Å². The second kappa shape index (κ2) is 5.68. The van der Waals surface area contributed by atoms with Gasteiger partial charge in [-0.25, -0.2) is 9.37 Å². The fourth-order valence-corrected chi connectivity index (χ4v) is 2.24. The predicted octanol–water partition coefficient (Wildman–Crippen LogP) is 4.28. The molecule has 21 heavy (non-hydrogen) atoms. The molecule has 0 aliphatic rings. The van der Waals surface area contributed by atoms with Crippen molar-refractivity contribution in [2.45, 2.75) is 6.54 Å². The minimum atomic E-state index is -0.608. The molecule has 0 saturated carbocycles. The molecule has 3 nitrogen and oxygen atoms in total. The molecule has 0 aliphatic carbocycles. The van der Waals surface area contributed by atoms with Gasteiger partial charge in [-0.1, -0.05) is 35.9 Å². The van der Waals surface area contributed by atoms with Gasteiger partial charge in [-0.05, 0) is 29.7 Å². The first-order valence-corrected chi connectivity index (χ1v) is 6.77. The van der Waals surface area contributed by atoms with Crippen LogP contribution in [0.15, 0.2) is 48.5 Å². The predicted molar refractivity (Wildman–Crippen MR) is 81.1 cm³/mol. The number of hydrogen-bond donors (Lipinski definition) is 1. The highest BCUT2D eigenvalue weighted by atomic mass is 35.5. The van der Waals surface area contributed by atoms with E-state index in [9.17, 15) is 4.39 Å². The minimum absolute atomic E-state index is 0.00628. The average molecular weight is 303 g/mol. The number of aromatic nitrogens is 1. The maximum atomic E-state index is 14.0. The standard InChI is InChI=1S/C16H12ClFN2O/c17-13-6-3-7-14(15(13)18)21-16-12-5-2-1-4-10(12)8-11(9-19)20-16/h1-8H,9,19H2. The van der Waals surface area contributed by atoms with E-state index >= 15 is 0 Å². The van der Waals surface area contributed by atoms with Crippen molar-refractivity contribution in [2.75, 3.05) is 0 Å². The Morgan fingerprint density at radius 2 is 1.95 bits per heavy atom. The fraction of sp³-hybridized carbons (Fsp3) is 0.0625. The highest BCUT2D eigenvalue weighted by Gasteiger charge is 2.12. The summed E-state index contributed by atoms with van der Waals surface area (Å²) in [6.45, 7) is 0.277. The molecule has 0 unspecified atom stereocenters. The first-order valence-electron chi connectivity index (χ1n) is 6.39. The van der Waals surface area contributed by atoms with Crippen molar-refractivity contribution in [2.24, 2.45) is 5.73 Å². The molecule has 3 aromatic rings. The molecule has 2 N–H and O–H groups in total. The van der Waals surface area contributed by atoms with E-state index in [0.29, 0.717) is 11.6 Å². The Labute approximate surface area is 126 Å². The largest absolute Gasteiger partial charge is 0.435 e. The van der Waals surface area contributed by atoms with Gasteiger partial charge in [0.2, 0.25) is 5.88 Å². The number of ether oxygens (including phenoxy) is 1. The molecule has 1 heterocycles. The van der Waals surface area contributed by atoms with Gasteiger partial charge >= 0.3 is 0 Å². The van der Waals surface area contributed by atoms with Gasteiger partial charge in [0.25, 0.3) is 0 Å². The Bertz CT molecular complexity index is 807. The number of nitrogens with zero attached hydrogens (tertiary/aromatic N) is 1. The van der Waals surface area contributed by atoms with Crippen molar-refractivity contribution in [3.05, 3.63) is 65.1 Å². The van der Waals surface area contributed by atoms with Crippen LogP contribution in [0.1, 0.15) is 5.69 Å². The lowest BCUT2D eigenvalue weighted by atomic mass is 10.1. The van der Waals surface area contributed by atoms with E-state index in [1.54, 1.807) is 6.07 Å². The normalized spacial score (nSPS) is 10.8. The third-order valence-electron chi connectivity index (χ3n) is 3.09. The lowest BCUT2D eigenvalue weighted by molar-refractivity contribution is 0.431. The summed E-state index contributed by atoms with van der Waals surface area (Å²) in [6, 6.07) is 14.0. The Morgan fingerprint density at radius 1 is 1.14 bits per heavy atom. The number of rotatable bonds is 3. The van der Waals surface area contributed by atoms with E-state index in [1.165, 1.54) is 12.1 Å². The molecule has 106 valence electrons. The molecule has 0 atom stereocenters. The van der Waals surface area contributed by atoms with E-state index < -0.39 is 5.82 Å². The van der Waals surface area contributed by atoms with E-state index in [-0.39, 0.29) is 17.3 Å². The molecule has 5 heteroatoms. The highest BCUT2D eigenvalue weighted by Crippen LogP contribution is 2.32. The van der Waals surface area contributed by atoms with Crippen LogP contribution in [-0.2, 0) is 6.54 Å². The summed E-state index contributed by atoms with van der Waals surface area (Å²) in [4.78, 5) is 4.33. The number of benzene rings is 2. The van der Waals surface area contributed by atoms with Crippen molar-refractivity contribution < 1.29 is 9.13 Å². The van der Waals surface area contributed by atoms with Crippen LogP contribution in [0, 0.1) is 5.82 Å². The molecule has 0 aliphatic heterocycles. The lowest BCUT2D eigenvalue weighted by Crippen LogP contribution is -2.01. The van der Waals surface area contributed by atoms with E-state index in [0.717, 1.165) is 10.8 Å². The number of hydrogen-bond acceptors (Lipinski definition) is 3. The van der Waals surface area contributed by atoms with Crippen molar-refractivity contribution in [3.63, 3.8) is 0 Å². The number of nitrogens with two attached hydrogens (primary N) is 1. The van der Waals surface area contributed by atoms with Gasteiger partial charge in [0.1, 0.15) is 0 Å². The Kier molecular flexibility index (Phi) is 3.73. The maximum absolute atomic E-state index is 14.0. The zero-order valence-corrected chi connectivity index (χ0v) is 11.8. The van der Waals surface area contributed by atoms with Crippen LogP contribution in [0.25, 0.3) is 10.8 Å². The first kappa shape index (κ1) is 13.8. The second-order valence-electron chi connectivity index (χ2n) is 4.50. The Balaban J connectivity index is 2.13. The third-order valence-corrected chi connectivity index (χ3v) is 3.38. The van der Waals surface area contributed by atoms with Gasteiger partial charge in [-0.2, -0.15) is 0 Å². The maximum Gasteiger partial charge on any atom is 0.227 e. The lowest BCUT2D eigenvalue weighted by Gasteiger charge is -2.11. The van der Waals surface area contributed by atoms with Gasteiger partial charge < -0.3 is 10.5 Å². The molecule has 0 amide bonds. The monoisotopic (exact) mass is 302 g/mol. The summed E-state index contributed by atoms with van der Waals surface area (Å²) in [5, 5.41) is 1.73. The average Bonchev–Trinajstić information content (AvgIpc) is 2.51. The summed E-state index contributed by atoms with van der Waals surface area (Å²) in [5.41, 5.74) is 6.32. The van der Waals surface area contributed by atoms with E-state index in [2.05, 4.69) is 4.98 Å². The summed E-state index contributed by atoms with van der Waals surface area (Å²) < 4.78 is 19.6. The Morgan fingerprint density at radius 3 is 2.76 bits per heavy atom. The number of fused-ring (bicyclic) bond motifs is 1. The van der Waals surface area contributed by atoms with Crippen LogP contribution in [-0.4, -0.2) is 4.98 Å². The van der Waals surface area contributed by atoms with E-state index in [4.69, 9.17) is 22.1 Å². The van der Waals surface area contributed by atoms with Gasteiger partial charge in [0, 0.05) is 11.9 Å². The van der Waals surface area contributed by atoms with Crippen LogP contribution in [0.2, 0.25) is 5.02 Å². The minimum Gasteiger partial charge on any atom is -0.435 e. The molecule has 0 bridgehead atoms. The SMILES string of the molecule is NCc1cc2ccccc2c(Oc2cccc(Cl)c2F)n1. The smallest absolute Gasteiger partial charge is 0.227 e. The summed E-state index contributed by atoms with van der Waals surface area (Å²) >= 11 is 5.76. The molecule has 0 radical (unpaired) electrons. The molecule has 3 rings (SSSR count). The quantitative estimate of drug-likeness (QED) is 0.785. The van der Waals surface area contributed by atoms with Crippen LogP contribution in [0.3, 0.4) is 0 Å². The number of pyridine rings is 1. The number of halogens is 2. The molecule has 2 aromatic carbocycles. The van der Waals surface area contributed by atoms with Crippen molar-refractivity contribution in [1.29, 1.82) is 0 Å². The molecule has 0 fully saturated rings. The molecular weight excluding hydrogens is 291 g/mol. The first-order chi connectivity index (χ1) is 10.2. The zero-order valence-electron chi connectivity index (χ0n) is 11.0. The van der Waals surface area contributed by atoms with Gasteiger partial charge in [0.15, 0.2) is 11.6 Å². The summed E-state index contributed by atoms with van der Waals surface area (Å²) in [7, 11) is 0. The Hall–Kier alpha value is -2.17. The second-order valence-corrected chi connectivity index (χ2v) is 4.91. The van der Waals surface area contributed by atoms with Crippen molar-refractivity contribution in [1.82, 2.24) is 4.98 Å². The van der Waals surface area contributed by atoms with Gasteiger partial charge in [-0.15, -0.1) is 0 Å². The highest BCUT2D eigenvalue weighted by molar-refractivity contribution is 6.30. The fourth-order valence-electron chi connectivity index (χ4n) is 2.07. The molecule has 0 saturated heterocycles. The van der Waals surface area contributed by atoms with Crippen LogP contribution in [0.4, 0.5) is 4.39 Å².